The second kappa shape index (κ2) is 8.43. The SMILES string of the molecule is Cc1ccc(S(=O)(=O)N2C(=O)CC[C@@H]2C(=O)NCCOc2ccccc2)cc1. The average molecular weight is 402 g/mol. The molecule has 148 valence electrons. The second-order valence-electron chi connectivity index (χ2n) is 6.51. The summed E-state index contributed by atoms with van der Waals surface area (Å²) in [6.45, 7) is 2.28. The first-order chi connectivity index (χ1) is 13.4. The number of carbonyl (C=O) groups is 2. The Balaban J connectivity index is 1.64. The fourth-order valence-corrected chi connectivity index (χ4v) is 4.60. The summed E-state index contributed by atoms with van der Waals surface area (Å²) < 4.78 is 32.0. The topological polar surface area (TPSA) is 92.8 Å². The molecular formula is C20H22N2O5S. The van der Waals surface area contributed by atoms with Gasteiger partial charge in [0.15, 0.2) is 0 Å². The van der Waals surface area contributed by atoms with Gasteiger partial charge in [0.1, 0.15) is 18.4 Å². The summed E-state index contributed by atoms with van der Waals surface area (Å²) >= 11 is 0. The molecule has 0 unspecified atom stereocenters. The monoisotopic (exact) mass is 402 g/mol. The first-order valence-electron chi connectivity index (χ1n) is 8.99. The molecule has 8 heteroatoms. The summed E-state index contributed by atoms with van der Waals surface area (Å²) in [5.74, 6) is -0.393. The summed E-state index contributed by atoms with van der Waals surface area (Å²) in [6, 6.07) is 14.3. The van der Waals surface area contributed by atoms with Gasteiger partial charge >= 0.3 is 0 Å². The van der Waals surface area contributed by atoms with Gasteiger partial charge in [-0.1, -0.05) is 35.9 Å². The summed E-state index contributed by atoms with van der Waals surface area (Å²) in [5, 5.41) is 2.66. The van der Waals surface area contributed by atoms with Gasteiger partial charge < -0.3 is 10.1 Å². The molecule has 0 aromatic heterocycles. The molecule has 0 aliphatic carbocycles. The fourth-order valence-electron chi connectivity index (χ4n) is 3.00. The van der Waals surface area contributed by atoms with E-state index in [9.17, 15) is 18.0 Å². The standard InChI is InChI=1S/C20H22N2O5S/c1-15-7-9-17(10-8-15)28(25,26)22-18(11-12-19(22)23)20(24)21-13-14-27-16-5-3-2-4-6-16/h2-10,18H,11-14H2,1H3,(H,21,24)/t18-/m1/s1. The number of rotatable bonds is 7. The van der Waals surface area contributed by atoms with Crippen molar-refractivity contribution in [3.63, 3.8) is 0 Å². The van der Waals surface area contributed by atoms with E-state index in [4.69, 9.17) is 4.74 Å². The molecule has 7 nitrogen and oxygen atoms in total. The fraction of sp³-hybridized carbons (Fsp3) is 0.300. The maximum Gasteiger partial charge on any atom is 0.267 e. The van der Waals surface area contributed by atoms with Crippen molar-refractivity contribution in [2.75, 3.05) is 13.2 Å². The Bertz CT molecular complexity index is 942. The summed E-state index contributed by atoms with van der Waals surface area (Å²) in [4.78, 5) is 24.8. The number of aryl methyl sites for hydroxylation is 1. The van der Waals surface area contributed by atoms with Crippen LogP contribution >= 0.6 is 0 Å². The number of sulfonamides is 1. The minimum absolute atomic E-state index is 0.00133. The van der Waals surface area contributed by atoms with Crippen LogP contribution in [0.15, 0.2) is 59.5 Å². The molecule has 2 aromatic rings. The lowest BCUT2D eigenvalue weighted by molar-refractivity contribution is -0.130. The molecule has 1 fully saturated rings. The largest absolute Gasteiger partial charge is 0.492 e. The number of ether oxygens (including phenoxy) is 1. The van der Waals surface area contributed by atoms with Crippen molar-refractivity contribution >= 4 is 21.8 Å². The van der Waals surface area contributed by atoms with Crippen LogP contribution in [0.5, 0.6) is 5.75 Å². The van der Waals surface area contributed by atoms with Crippen LogP contribution in [0.1, 0.15) is 18.4 Å². The molecule has 1 saturated heterocycles. The first kappa shape index (κ1) is 19.9. The third-order valence-corrected chi connectivity index (χ3v) is 6.30. The van der Waals surface area contributed by atoms with E-state index in [2.05, 4.69) is 5.32 Å². The van der Waals surface area contributed by atoms with Crippen LogP contribution in [-0.2, 0) is 19.6 Å². The van der Waals surface area contributed by atoms with E-state index in [0.717, 1.165) is 5.56 Å². The predicted octanol–water partition coefficient (Wildman–Crippen LogP) is 1.87. The second-order valence-corrected chi connectivity index (χ2v) is 8.33. The van der Waals surface area contributed by atoms with Crippen LogP contribution < -0.4 is 10.1 Å². The number of hydrogen-bond donors (Lipinski definition) is 1. The quantitative estimate of drug-likeness (QED) is 0.714. The van der Waals surface area contributed by atoms with Gasteiger partial charge in [0.2, 0.25) is 11.8 Å². The molecule has 1 aliphatic rings. The van der Waals surface area contributed by atoms with Gasteiger partial charge in [-0.15, -0.1) is 0 Å². The molecule has 3 rings (SSSR count). The number of benzene rings is 2. The minimum atomic E-state index is -4.08. The maximum atomic E-state index is 12.9. The van der Waals surface area contributed by atoms with Gasteiger partial charge in [-0.25, -0.2) is 12.7 Å². The van der Waals surface area contributed by atoms with Crippen LogP contribution in [-0.4, -0.2) is 43.7 Å². The Morgan fingerprint density at radius 1 is 1.14 bits per heavy atom. The highest BCUT2D eigenvalue weighted by Gasteiger charge is 2.44. The zero-order valence-corrected chi connectivity index (χ0v) is 16.3. The van der Waals surface area contributed by atoms with Crippen molar-refractivity contribution in [1.82, 2.24) is 9.62 Å². The maximum absolute atomic E-state index is 12.9. The number of nitrogens with one attached hydrogen (secondary N) is 1. The Morgan fingerprint density at radius 2 is 1.82 bits per heavy atom. The summed E-state index contributed by atoms with van der Waals surface area (Å²) in [5.41, 5.74) is 0.902. The van der Waals surface area contributed by atoms with E-state index in [1.165, 1.54) is 12.1 Å². The molecule has 0 radical (unpaired) electrons. The molecule has 0 bridgehead atoms. The van der Waals surface area contributed by atoms with Gasteiger partial charge in [-0.3, -0.25) is 9.59 Å². The Hall–Kier alpha value is -2.87. The van der Waals surface area contributed by atoms with Crippen molar-refractivity contribution in [3.05, 3.63) is 60.2 Å². The van der Waals surface area contributed by atoms with E-state index in [0.29, 0.717) is 10.1 Å². The van der Waals surface area contributed by atoms with Crippen molar-refractivity contribution in [2.45, 2.75) is 30.7 Å². The minimum Gasteiger partial charge on any atom is -0.492 e. The summed E-state index contributed by atoms with van der Waals surface area (Å²) in [7, 11) is -4.08. The number of carbonyl (C=O) groups excluding carboxylic acids is 2. The normalized spacial score (nSPS) is 16.8. The predicted molar refractivity (Wildman–Crippen MR) is 103 cm³/mol. The van der Waals surface area contributed by atoms with E-state index >= 15 is 0 Å². The van der Waals surface area contributed by atoms with Crippen LogP contribution in [0.25, 0.3) is 0 Å². The highest BCUT2D eigenvalue weighted by Crippen LogP contribution is 2.27. The molecule has 1 N–H and O–H groups in total. The molecule has 2 amide bonds. The molecule has 1 aliphatic heterocycles. The molecule has 0 spiro atoms. The van der Waals surface area contributed by atoms with Crippen molar-refractivity contribution in [3.8, 4) is 5.75 Å². The number of amides is 2. The van der Waals surface area contributed by atoms with Crippen LogP contribution in [0.2, 0.25) is 0 Å². The van der Waals surface area contributed by atoms with Crippen LogP contribution in [0, 0.1) is 6.92 Å². The van der Waals surface area contributed by atoms with E-state index < -0.39 is 27.9 Å². The van der Waals surface area contributed by atoms with Gasteiger partial charge in [0, 0.05) is 6.42 Å². The number of hydrogen-bond acceptors (Lipinski definition) is 5. The third kappa shape index (κ3) is 4.33. The molecular weight excluding hydrogens is 380 g/mol. The zero-order chi connectivity index (χ0) is 20.1. The molecule has 28 heavy (non-hydrogen) atoms. The highest BCUT2D eigenvalue weighted by molar-refractivity contribution is 7.89. The van der Waals surface area contributed by atoms with Crippen molar-refractivity contribution in [2.24, 2.45) is 0 Å². The lowest BCUT2D eigenvalue weighted by atomic mass is 10.2. The molecule has 2 aromatic carbocycles. The van der Waals surface area contributed by atoms with Crippen molar-refractivity contribution < 1.29 is 22.7 Å². The van der Waals surface area contributed by atoms with Gasteiger partial charge in [-0.2, -0.15) is 0 Å². The molecule has 1 atom stereocenters. The zero-order valence-electron chi connectivity index (χ0n) is 15.5. The lowest BCUT2D eigenvalue weighted by Gasteiger charge is -2.23. The van der Waals surface area contributed by atoms with E-state index in [-0.39, 0.29) is 30.9 Å². The third-order valence-electron chi connectivity index (χ3n) is 4.45. The van der Waals surface area contributed by atoms with E-state index in [1.54, 1.807) is 24.3 Å². The first-order valence-corrected chi connectivity index (χ1v) is 10.4. The van der Waals surface area contributed by atoms with Crippen molar-refractivity contribution in [1.29, 1.82) is 0 Å². The molecule has 0 saturated carbocycles. The average Bonchev–Trinajstić information content (AvgIpc) is 3.09. The Kier molecular flexibility index (Phi) is 5.99. The number of para-hydroxylation sites is 1. The van der Waals surface area contributed by atoms with E-state index in [1.807, 2.05) is 25.1 Å². The van der Waals surface area contributed by atoms with Crippen LogP contribution in [0.4, 0.5) is 0 Å². The Morgan fingerprint density at radius 3 is 2.50 bits per heavy atom. The Labute approximate surface area is 164 Å². The lowest BCUT2D eigenvalue weighted by Crippen LogP contribution is -2.48. The van der Waals surface area contributed by atoms with Gasteiger partial charge in [0.05, 0.1) is 11.4 Å². The van der Waals surface area contributed by atoms with Gasteiger partial charge in [-0.05, 0) is 37.6 Å². The highest BCUT2D eigenvalue weighted by atomic mass is 32.2. The molecule has 1 heterocycles. The summed E-state index contributed by atoms with van der Waals surface area (Å²) in [6.07, 6.45) is 0.180. The smallest absolute Gasteiger partial charge is 0.267 e. The van der Waals surface area contributed by atoms with Crippen LogP contribution in [0.3, 0.4) is 0 Å². The van der Waals surface area contributed by atoms with Gasteiger partial charge in [0.25, 0.3) is 10.0 Å². The number of nitrogens with zero attached hydrogens (tertiary/aromatic N) is 1.